The molecule has 0 aliphatic carbocycles. The van der Waals surface area contributed by atoms with Crippen LogP contribution in [0.3, 0.4) is 0 Å². The summed E-state index contributed by atoms with van der Waals surface area (Å²) in [5, 5.41) is 7.61. The molecular formula is C14H26N4O. The molecule has 0 bridgehead atoms. The second-order valence-electron chi connectivity index (χ2n) is 5.51. The molecule has 5 nitrogen and oxygen atoms in total. The van der Waals surface area contributed by atoms with Crippen LogP contribution in [0.2, 0.25) is 0 Å². The van der Waals surface area contributed by atoms with E-state index in [9.17, 15) is 0 Å². The summed E-state index contributed by atoms with van der Waals surface area (Å²) in [6.45, 7) is 9.62. The summed E-state index contributed by atoms with van der Waals surface area (Å²) >= 11 is 0. The highest BCUT2D eigenvalue weighted by molar-refractivity contribution is 5.28. The number of hydrogen-bond donors (Lipinski definition) is 1. The fourth-order valence-electron chi connectivity index (χ4n) is 2.40. The standard InChI is InChI=1S/C14H26N4O/c1-4-8-15-12(3)11(2)13-16-14(17-19-13)18-9-6-5-7-10-18/h11-12,15H,4-10H2,1-3H3. The van der Waals surface area contributed by atoms with Crippen molar-refractivity contribution >= 4 is 5.95 Å². The number of nitrogens with one attached hydrogen (secondary N) is 1. The molecule has 0 radical (unpaired) electrons. The fraction of sp³-hybridized carbons (Fsp3) is 0.857. The number of hydrogen-bond acceptors (Lipinski definition) is 5. The quantitative estimate of drug-likeness (QED) is 0.857. The van der Waals surface area contributed by atoms with E-state index in [1.165, 1.54) is 19.3 Å². The van der Waals surface area contributed by atoms with E-state index >= 15 is 0 Å². The number of anilines is 1. The minimum Gasteiger partial charge on any atom is -0.338 e. The monoisotopic (exact) mass is 266 g/mol. The smallest absolute Gasteiger partial charge is 0.266 e. The Morgan fingerprint density at radius 2 is 2.00 bits per heavy atom. The molecule has 1 fully saturated rings. The maximum absolute atomic E-state index is 5.44. The van der Waals surface area contributed by atoms with Crippen LogP contribution in [0, 0.1) is 0 Å². The highest BCUT2D eigenvalue weighted by Crippen LogP contribution is 2.22. The third-order valence-electron chi connectivity index (χ3n) is 3.93. The van der Waals surface area contributed by atoms with Gasteiger partial charge in [0.15, 0.2) is 0 Å². The summed E-state index contributed by atoms with van der Waals surface area (Å²) in [7, 11) is 0. The highest BCUT2D eigenvalue weighted by Gasteiger charge is 2.22. The summed E-state index contributed by atoms with van der Waals surface area (Å²) < 4.78 is 5.44. The molecule has 1 aliphatic rings. The fourth-order valence-corrected chi connectivity index (χ4v) is 2.40. The average Bonchev–Trinajstić information content (AvgIpc) is 2.94. The predicted octanol–water partition coefficient (Wildman–Crippen LogP) is 2.55. The van der Waals surface area contributed by atoms with Crippen LogP contribution in [0.5, 0.6) is 0 Å². The molecule has 2 heterocycles. The molecule has 1 aliphatic heterocycles. The first-order valence-electron chi connectivity index (χ1n) is 7.54. The average molecular weight is 266 g/mol. The Labute approximate surface area is 115 Å². The highest BCUT2D eigenvalue weighted by atomic mass is 16.5. The van der Waals surface area contributed by atoms with Gasteiger partial charge in [0.1, 0.15) is 0 Å². The first-order chi connectivity index (χ1) is 9.22. The second kappa shape index (κ2) is 6.89. The zero-order valence-electron chi connectivity index (χ0n) is 12.4. The van der Waals surface area contributed by atoms with Gasteiger partial charge in [-0.3, -0.25) is 0 Å². The van der Waals surface area contributed by atoms with Crippen molar-refractivity contribution in [3.05, 3.63) is 5.89 Å². The number of rotatable bonds is 6. The van der Waals surface area contributed by atoms with Gasteiger partial charge < -0.3 is 14.7 Å². The molecule has 0 aromatic carbocycles. The Hall–Kier alpha value is -1.10. The zero-order valence-corrected chi connectivity index (χ0v) is 12.4. The van der Waals surface area contributed by atoms with Gasteiger partial charge in [0.2, 0.25) is 5.89 Å². The molecule has 5 heteroatoms. The number of nitrogens with zero attached hydrogens (tertiary/aromatic N) is 3. The summed E-state index contributed by atoms with van der Waals surface area (Å²) in [6.07, 6.45) is 4.91. The topological polar surface area (TPSA) is 54.2 Å². The van der Waals surface area contributed by atoms with Crippen molar-refractivity contribution in [2.75, 3.05) is 24.5 Å². The second-order valence-corrected chi connectivity index (χ2v) is 5.51. The van der Waals surface area contributed by atoms with Crippen molar-refractivity contribution in [2.24, 2.45) is 0 Å². The largest absolute Gasteiger partial charge is 0.338 e. The zero-order chi connectivity index (χ0) is 13.7. The van der Waals surface area contributed by atoms with E-state index in [0.29, 0.717) is 6.04 Å². The van der Waals surface area contributed by atoms with E-state index in [2.05, 4.69) is 41.1 Å². The van der Waals surface area contributed by atoms with Crippen LogP contribution in [0.1, 0.15) is 58.3 Å². The molecule has 2 unspecified atom stereocenters. The van der Waals surface area contributed by atoms with Crippen molar-refractivity contribution in [3.8, 4) is 0 Å². The predicted molar refractivity (Wildman–Crippen MR) is 76.5 cm³/mol. The third-order valence-corrected chi connectivity index (χ3v) is 3.93. The first-order valence-corrected chi connectivity index (χ1v) is 7.54. The van der Waals surface area contributed by atoms with E-state index in [1.807, 2.05) is 0 Å². The molecule has 2 atom stereocenters. The van der Waals surface area contributed by atoms with Gasteiger partial charge in [0.25, 0.3) is 5.95 Å². The number of piperidine rings is 1. The molecule has 0 amide bonds. The Kier molecular flexibility index (Phi) is 5.19. The third kappa shape index (κ3) is 3.69. The summed E-state index contributed by atoms with van der Waals surface area (Å²) in [5.74, 6) is 1.76. The lowest BCUT2D eigenvalue weighted by atomic mass is 10.0. The van der Waals surface area contributed by atoms with Gasteiger partial charge in [-0.05, 0) is 44.3 Å². The van der Waals surface area contributed by atoms with E-state index in [0.717, 1.165) is 37.9 Å². The van der Waals surface area contributed by atoms with Gasteiger partial charge in [0, 0.05) is 19.1 Å². The minimum atomic E-state index is 0.248. The molecular weight excluding hydrogens is 240 g/mol. The Morgan fingerprint density at radius 3 is 2.68 bits per heavy atom. The van der Waals surface area contributed by atoms with Crippen LogP contribution in [0.4, 0.5) is 5.95 Å². The van der Waals surface area contributed by atoms with Gasteiger partial charge in [-0.2, -0.15) is 4.98 Å². The van der Waals surface area contributed by atoms with Crippen LogP contribution < -0.4 is 10.2 Å². The molecule has 1 N–H and O–H groups in total. The lowest BCUT2D eigenvalue weighted by Crippen LogP contribution is -2.32. The van der Waals surface area contributed by atoms with Crippen LogP contribution in [-0.2, 0) is 0 Å². The van der Waals surface area contributed by atoms with Crippen molar-refractivity contribution in [1.82, 2.24) is 15.5 Å². The minimum absolute atomic E-state index is 0.248. The normalized spacial score (nSPS) is 19.4. The Balaban J connectivity index is 1.95. The molecule has 1 aromatic heterocycles. The van der Waals surface area contributed by atoms with Crippen LogP contribution in [0.15, 0.2) is 4.52 Å². The van der Waals surface area contributed by atoms with Crippen molar-refractivity contribution in [1.29, 1.82) is 0 Å². The van der Waals surface area contributed by atoms with Crippen molar-refractivity contribution in [3.63, 3.8) is 0 Å². The molecule has 108 valence electrons. The SMILES string of the molecule is CCCNC(C)C(C)c1nc(N2CCCCC2)no1. The van der Waals surface area contributed by atoms with Crippen LogP contribution in [0.25, 0.3) is 0 Å². The van der Waals surface area contributed by atoms with Gasteiger partial charge in [-0.1, -0.05) is 13.8 Å². The van der Waals surface area contributed by atoms with Crippen LogP contribution in [-0.4, -0.2) is 35.8 Å². The molecule has 0 saturated carbocycles. The molecule has 0 spiro atoms. The summed E-state index contributed by atoms with van der Waals surface area (Å²) in [6, 6.07) is 0.356. The van der Waals surface area contributed by atoms with E-state index in [4.69, 9.17) is 4.52 Å². The Bertz CT molecular complexity index is 373. The Morgan fingerprint density at radius 1 is 1.26 bits per heavy atom. The molecule has 19 heavy (non-hydrogen) atoms. The number of aromatic nitrogens is 2. The van der Waals surface area contributed by atoms with Gasteiger partial charge in [-0.15, -0.1) is 0 Å². The lowest BCUT2D eigenvalue weighted by molar-refractivity contribution is 0.330. The van der Waals surface area contributed by atoms with E-state index in [1.54, 1.807) is 0 Å². The van der Waals surface area contributed by atoms with Gasteiger partial charge >= 0.3 is 0 Å². The summed E-state index contributed by atoms with van der Waals surface area (Å²) in [5.41, 5.74) is 0. The molecule has 1 aromatic rings. The van der Waals surface area contributed by atoms with Crippen molar-refractivity contribution < 1.29 is 4.52 Å². The summed E-state index contributed by atoms with van der Waals surface area (Å²) in [4.78, 5) is 6.80. The van der Waals surface area contributed by atoms with E-state index in [-0.39, 0.29) is 5.92 Å². The molecule has 1 saturated heterocycles. The van der Waals surface area contributed by atoms with Crippen LogP contribution >= 0.6 is 0 Å². The van der Waals surface area contributed by atoms with Crippen molar-refractivity contribution in [2.45, 2.75) is 58.4 Å². The first kappa shape index (κ1) is 14.3. The van der Waals surface area contributed by atoms with E-state index < -0.39 is 0 Å². The molecule has 2 rings (SSSR count). The maximum atomic E-state index is 5.44. The van der Waals surface area contributed by atoms with Gasteiger partial charge in [-0.25, -0.2) is 0 Å². The lowest BCUT2D eigenvalue weighted by Gasteiger charge is -2.24. The maximum Gasteiger partial charge on any atom is 0.266 e. The van der Waals surface area contributed by atoms with Gasteiger partial charge in [0.05, 0.1) is 5.92 Å².